The minimum absolute atomic E-state index is 0.639. The van der Waals surface area contributed by atoms with Crippen LogP contribution in [0.4, 0.5) is 0 Å². The number of unbranched alkanes of at least 4 members (excludes halogenated alkanes) is 29. The molecule has 0 saturated carbocycles. The molecule has 0 fully saturated rings. The van der Waals surface area contributed by atoms with Gasteiger partial charge in [0.2, 0.25) is 0 Å². The van der Waals surface area contributed by atoms with Crippen LogP contribution in [-0.2, 0) is 0 Å². The Morgan fingerprint density at radius 3 is 0.814 bits per heavy atom. The van der Waals surface area contributed by atoms with Crippen LogP contribution < -0.4 is 0 Å². The van der Waals surface area contributed by atoms with Gasteiger partial charge in [-0.2, -0.15) is 0 Å². The zero-order chi connectivity index (χ0) is 30.9. The molecule has 0 bridgehead atoms. The van der Waals surface area contributed by atoms with Crippen LogP contribution in [0, 0.1) is 0 Å². The van der Waals surface area contributed by atoms with Crippen LogP contribution in [0.1, 0.15) is 233 Å². The van der Waals surface area contributed by atoms with Gasteiger partial charge < -0.3 is 9.80 Å². The monoisotopic (exact) mass is 603 g/mol. The molecule has 43 heavy (non-hydrogen) atoms. The molecule has 1 unspecified atom stereocenters. The van der Waals surface area contributed by atoms with Gasteiger partial charge in [0.15, 0.2) is 0 Å². The summed E-state index contributed by atoms with van der Waals surface area (Å²) in [6, 6.07) is 0. The minimum Gasteiger partial charge on any atom is -0.356 e. The summed E-state index contributed by atoms with van der Waals surface area (Å²) in [7, 11) is 0. The van der Waals surface area contributed by atoms with E-state index in [2.05, 4.69) is 43.0 Å². The second-order valence-corrected chi connectivity index (χ2v) is 14.3. The van der Waals surface area contributed by atoms with Gasteiger partial charge in [-0.15, -0.1) is 0 Å². The fraction of sp³-hybridized carbons (Fsp3) is 0.951. The Kier molecular flexibility index (Phi) is 30.7. The van der Waals surface area contributed by atoms with Crippen molar-refractivity contribution in [1.82, 2.24) is 9.80 Å². The quantitative estimate of drug-likeness (QED) is 0.0666. The largest absolute Gasteiger partial charge is 0.356 e. The topological polar surface area (TPSA) is 6.48 Å². The summed E-state index contributed by atoms with van der Waals surface area (Å²) in [6.07, 6.45) is 52.9. The van der Waals surface area contributed by atoms with Crippen LogP contribution in [0.5, 0.6) is 0 Å². The molecule has 1 aliphatic rings. The zero-order valence-electron chi connectivity index (χ0n) is 30.4. The van der Waals surface area contributed by atoms with Crippen molar-refractivity contribution in [3.63, 3.8) is 0 Å². The van der Waals surface area contributed by atoms with Gasteiger partial charge in [0, 0.05) is 25.5 Å². The molecule has 0 aliphatic carbocycles. The number of hydrogen-bond acceptors (Lipinski definition) is 2. The van der Waals surface area contributed by atoms with E-state index < -0.39 is 0 Å². The summed E-state index contributed by atoms with van der Waals surface area (Å²) in [5, 5.41) is 0. The van der Waals surface area contributed by atoms with E-state index in [0.717, 1.165) is 0 Å². The third-order valence-corrected chi connectivity index (χ3v) is 10.1. The molecule has 0 radical (unpaired) electrons. The van der Waals surface area contributed by atoms with E-state index in [0.29, 0.717) is 6.17 Å². The van der Waals surface area contributed by atoms with Crippen molar-refractivity contribution in [3.05, 3.63) is 12.4 Å². The summed E-state index contributed by atoms with van der Waals surface area (Å²) in [4.78, 5) is 5.44. The first kappa shape index (κ1) is 40.4. The standard InChI is InChI=1S/C41H82N2/c1-4-7-10-13-16-19-21-22-23-24-27-30-33-36-41-42(37-34-31-28-25-18-15-12-9-6-3)39-40-43(41)38-35-32-29-26-20-17-14-11-8-5-2/h39-41H,4-38H2,1-3H3. The van der Waals surface area contributed by atoms with Gasteiger partial charge in [-0.05, 0) is 25.7 Å². The fourth-order valence-electron chi connectivity index (χ4n) is 7.07. The number of rotatable bonds is 35. The molecule has 1 aliphatic heterocycles. The van der Waals surface area contributed by atoms with Crippen molar-refractivity contribution in [1.29, 1.82) is 0 Å². The Hall–Kier alpha value is -0.660. The van der Waals surface area contributed by atoms with Gasteiger partial charge in [0.1, 0.15) is 6.17 Å². The van der Waals surface area contributed by atoms with E-state index in [1.807, 2.05) is 0 Å². The lowest BCUT2D eigenvalue weighted by atomic mass is 10.0. The maximum Gasteiger partial charge on any atom is 0.101 e. The average molecular weight is 603 g/mol. The maximum atomic E-state index is 2.72. The Bertz CT molecular complexity index is 558. The van der Waals surface area contributed by atoms with E-state index in [1.54, 1.807) is 0 Å². The van der Waals surface area contributed by atoms with Crippen LogP contribution in [0.2, 0.25) is 0 Å². The SMILES string of the molecule is CCCCCCCCCCCCCCCC1N(CCCCCCCCCCC)C=CN1CCCCCCCCCCCC. The van der Waals surface area contributed by atoms with Gasteiger partial charge >= 0.3 is 0 Å². The van der Waals surface area contributed by atoms with Gasteiger partial charge in [0.05, 0.1) is 0 Å². The molecule has 0 spiro atoms. The lowest BCUT2D eigenvalue weighted by Gasteiger charge is -2.33. The molecule has 1 rings (SSSR count). The molecule has 0 aromatic heterocycles. The van der Waals surface area contributed by atoms with Crippen molar-refractivity contribution in [2.75, 3.05) is 13.1 Å². The molecule has 256 valence electrons. The Balaban J connectivity index is 2.22. The molecule has 2 heteroatoms. The molecule has 1 atom stereocenters. The highest BCUT2D eigenvalue weighted by molar-refractivity contribution is 4.97. The molecule has 0 amide bonds. The summed E-state index contributed by atoms with van der Waals surface area (Å²) < 4.78 is 0. The van der Waals surface area contributed by atoms with E-state index in [9.17, 15) is 0 Å². The fourth-order valence-corrected chi connectivity index (χ4v) is 7.07. The summed E-state index contributed by atoms with van der Waals surface area (Å²) in [5.41, 5.74) is 0. The van der Waals surface area contributed by atoms with Gasteiger partial charge in [0.25, 0.3) is 0 Å². The van der Waals surface area contributed by atoms with Gasteiger partial charge in [-0.25, -0.2) is 0 Å². The van der Waals surface area contributed by atoms with Crippen LogP contribution in [0.15, 0.2) is 12.4 Å². The first-order valence-corrected chi connectivity index (χ1v) is 20.5. The Morgan fingerprint density at radius 1 is 0.302 bits per heavy atom. The number of nitrogens with zero attached hydrogens (tertiary/aromatic N) is 2. The Morgan fingerprint density at radius 2 is 0.535 bits per heavy atom. The van der Waals surface area contributed by atoms with E-state index >= 15 is 0 Å². The minimum atomic E-state index is 0.639. The van der Waals surface area contributed by atoms with Gasteiger partial charge in [-0.3, -0.25) is 0 Å². The van der Waals surface area contributed by atoms with Crippen LogP contribution in [-0.4, -0.2) is 29.1 Å². The molecular weight excluding hydrogens is 520 g/mol. The van der Waals surface area contributed by atoms with Crippen LogP contribution in [0.25, 0.3) is 0 Å². The Labute approximate surface area is 273 Å². The molecule has 2 nitrogen and oxygen atoms in total. The lowest BCUT2D eigenvalue weighted by Crippen LogP contribution is -2.39. The first-order valence-electron chi connectivity index (χ1n) is 20.5. The summed E-state index contributed by atoms with van der Waals surface area (Å²) in [5.74, 6) is 0. The summed E-state index contributed by atoms with van der Waals surface area (Å²) in [6.45, 7) is 9.48. The third kappa shape index (κ3) is 25.2. The predicted molar refractivity (Wildman–Crippen MR) is 196 cm³/mol. The summed E-state index contributed by atoms with van der Waals surface area (Å²) >= 11 is 0. The molecule has 0 aromatic carbocycles. The molecule has 0 aromatic rings. The van der Waals surface area contributed by atoms with Crippen LogP contribution >= 0.6 is 0 Å². The van der Waals surface area contributed by atoms with E-state index in [-0.39, 0.29) is 0 Å². The van der Waals surface area contributed by atoms with Crippen molar-refractivity contribution < 1.29 is 0 Å². The van der Waals surface area contributed by atoms with Crippen molar-refractivity contribution in [3.8, 4) is 0 Å². The lowest BCUT2D eigenvalue weighted by molar-refractivity contribution is 0.135. The normalized spacial score (nSPS) is 14.9. The maximum absolute atomic E-state index is 2.72. The van der Waals surface area contributed by atoms with Crippen LogP contribution in [0.3, 0.4) is 0 Å². The van der Waals surface area contributed by atoms with Gasteiger partial charge in [-0.1, -0.05) is 207 Å². The molecular formula is C41H82N2. The first-order chi connectivity index (χ1) is 21.3. The average Bonchev–Trinajstić information content (AvgIpc) is 3.40. The van der Waals surface area contributed by atoms with Crippen molar-refractivity contribution >= 4 is 0 Å². The highest BCUT2D eigenvalue weighted by atomic mass is 15.4. The highest BCUT2D eigenvalue weighted by Gasteiger charge is 2.24. The zero-order valence-corrected chi connectivity index (χ0v) is 30.4. The van der Waals surface area contributed by atoms with E-state index in [4.69, 9.17) is 0 Å². The number of hydrogen-bond donors (Lipinski definition) is 0. The second-order valence-electron chi connectivity index (χ2n) is 14.3. The van der Waals surface area contributed by atoms with Crippen molar-refractivity contribution in [2.45, 2.75) is 239 Å². The van der Waals surface area contributed by atoms with Crippen molar-refractivity contribution in [2.24, 2.45) is 0 Å². The smallest absolute Gasteiger partial charge is 0.101 e. The molecule has 0 N–H and O–H groups in total. The van der Waals surface area contributed by atoms with E-state index in [1.165, 1.54) is 225 Å². The highest BCUT2D eigenvalue weighted by Crippen LogP contribution is 2.24. The third-order valence-electron chi connectivity index (χ3n) is 10.1. The second kappa shape index (κ2) is 32.7. The molecule has 0 saturated heterocycles. The molecule has 1 heterocycles. The predicted octanol–water partition coefficient (Wildman–Crippen LogP) is 14.3.